The van der Waals surface area contributed by atoms with E-state index in [4.69, 9.17) is 9.26 Å². The summed E-state index contributed by atoms with van der Waals surface area (Å²) in [7, 11) is 1.74. The Kier molecular flexibility index (Phi) is 4.58. The molecule has 0 atom stereocenters. The Balaban J connectivity index is 2.01. The fraction of sp³-hybridized carbons (Fsp3) is 0.261. The van der Waals surface area contributed by atoms with E-state index in [9.17, 15) is 0 Å². The lowest BCUT2D eigenvalue weighted by Gasteiger charge is -2.13. The predicted molar refractivity (Wildman–Crippen MR) is 109 cm³/mol. The van der Waals surface area contributed by atoms with E-state index in [0.717, 1.165) is 29.1 Å². The molecular formula is C23H24N2O2. The number of methoxy groups -OCH3 is 1. The van der Waals surface area contributed by atoms with E-state index in [1.165, 1.54) is 27.6 Å². The molecule has 0 aliphatic rings. The van der Waals surface area contributed by atoms with Crippen molar-refractivity contribution in [1.82, 2.24) is 9.72 Å². The fourth-order valence-electron chi connectivity index (χ4n) is 3.82. The third kappa shape index (κ3) is 3.06. The number of aromatic nitrogens is 2. The zero-order valence-corrected chi connectivity index (χ0v) is 16.2. The first-order chi connectivity index (χ1) is 13.1. The highest BCUT2D eigenvalue weighted by Crippen LogP contribution is 2.37. The molecule has 0 unspecified atom stereocenters. The summed E-state index contributed by atoms with van der Waals surface area (Å²) in [4.78, 5) is 0. The number of hydrogen-bond acceptors (Lipinski definition) is 3. The van der Waals surface area contributed by atoms with Gasteiger partial charge in [-0.2, -0.15) is 0 Å². The summed E-state index contributed by atoms with van der Waals surface area (Å²) in [5, 5.41) is 5.40. The molecule has 2 aromatic heterocycles. The van der Waals surface area contributed by atoms with Gasteiger partial charge in [0.25, 0.3) is 0 Å². The molecule has 2 aromatic carbocycles. The number of nitrogens with zero attached hydrogens (tertiary/aromatic N) is 2. The van der Waals surface area contributed by atoms with Gasteiger partial charge in [-0.25, -0.2) is 0 Å². The molecule has 0 aliphatic heterocycles. The molecule has 4 aromatic rings. The largest absolute Gasteiger partial charge is 0.383 e. The van der Waals surface area contributed by atoms with Crippen molar-refractivity contribution in [2.75, 3.05) is 13.7 Å². The van der Waals surface area contributed by atoms with Crippen molar-refractivity contribution in [2.45, 2.75) is 27.3 Å². The van der Waals surface area contributed by atoms with E-state index < -0.39 is 0 Å². The molecule has 4 heteroatoms. The van der Waals surface area contributed by atoms with Crippen LogP contribution in [0.3, 0.4) is 0 Å². The van der Waals surface area contributed by atoms with Crippen molar-refractivity contribution < 1.29 is 9.26 Å². The summed E-state index contributed by atoms with van der Waals surface area (Å²) in [6.07, 6.45) is 2.14. The van der Waals surface area contributed by atoms with Crippen LogP contribution in [0.4, 0.5) is 0 Å². The van der Waals surface area contributed by atoms with E-state index in [1.807, 2.05) is 13.8 Å². The average molecular weight is 360 g/mol. The Morgan fingerprint density at radius 1 is 1.04 bits per heavy atom. The second kappa shape index (κ2) is 7.05. The standard InChI is InChI=1S/C23H24N2O2/c1-15-7-5-6-8-19(15)21-13-18(23-16(2)24-27-17(23)3)14-22-20(21)9-10-25(22)11-12-26-4/h5-10,13-14H,11-12H2,1-4H3. The summed E-state index contributed by atoms with van der Waals surface area (Å²) in [5.74, 6) is 0.845. The topological polar surface area (TPSA) is 40.2 Å². The minimum atomic E-state index is 0.680. The molecule has 0 saturated carbocycles. The maximum absolute atomic E-state index is 5.43. The van der Waals surface area contributed by atoms with Gasteiger partial charge in [-0.1, -0.05) is 29.4 Å². The van der Waals surface area contributed by atoms with E-state index in [2.05, 4.69) is 65.3 Å². The number of hydrogen-bond donors (Lipinski definition) is 0. The molecule has 0 bridgehead atoms. The highest BCUT2D eigenvalue weighted by atomic mass is 16.5. The molecule has 0 saturated heterocycles. The van der Waals surface area contributed by atoms with Gasteiger partial charge >= 0.3 is 0 Å². The quantitative estimate of drug-likeness (QED) is 0.469. The number of rotatable bonds is 5. The van der Waals surface area contributed by atoms with Gasteiger partial charge in [0.2, 0.25) is 0 Å². The maximum Gasteiger partial charge on any atom is 0.141 e. The fourth-order valence-corrected chi connectivity index (χ4v) is 3.82. The normalized spacial score (nSPS) is 11.4. The summed E-state index contributed by atoms with van der Waals surface area (Å²) >= 11 is 0. The van der Waals surface area contributed by atoms with Crippen LogP contribution < -0.4 is 0 Å². The van der Waals surface area contributed by atoms with Gasteiger partial charge < -0.3 is 13.8 Å². The Morgan fingerprint density at radius 3 is 2.56 bits per heavy atom. The van der Waals surface area contributed by atoms with Crippen LogP contribution in [0.1, 0.15) is 17.0 Å². The van der Waals surface area contributed by atoms with Gasteiger partial charge in [0, 0.05) is 36.3 Å². The lowest BCUT2D eigenvalue weighted by atomic mass is 9.93. The predicted octanol–water partition coefficient (Wildman–Crippen LogP) is 5.53. The number of aryl methyl sites for hydroxylation is 3. The summed E-state index contributed by atoms with van der Waals surface area (Å²) in [5.41, 5.74) is 8.07. The molecule has 0 fully saturated rings. The van der Waals surface area contributed by atoms with Crippen LogP contribution in [-0.2, 0) is 11.3 Å². The monoisotopic (exact) mass is 360 g/mol. The van der Waals surface area contributed by atoms with Crippen LogP contribution in [0, 0.1) is 20.8 Å². The Hall–Kier alpha value is -2.85. The van der Waals surface area contributed by atoms with Gasteiger partial charge in [-0.3, -0.25) is 0 Å². The zero-order chi connectivity index (χ0) is 19.0. The molecule has 2 heterocycles. The molecule has 138 valence electrons. The van der Waals surface area contributed by atoms with Crippen LogP contribution >= 0.6 is 0 Å². The van der Waals surface area contributed by atoms with Crippen LogP contribution in [0.5, 0.6) is 0 Å². The number of ether oxygens (including phenoxy) is 1. The lowest BCUT2D eigenvalue weighted by Crippen LogP contribution is -2.02. The van der Waals surface area contributed by atoms with Crippen molar-refractivity contribution in [3.63, 3.8) is 0 Å². The van der Waals surface area contributed by atoms with Crippen molar-refractivity contribution in [2.24, 2.45) is 0 Å². The van der Waals surface area contributed by atoms with E-state index in [1.54, 1.807) is 7.11 Å². The zero-order valence-electron chi connectivity index (χ0n) is 16.2. The second-order valence-electron chi connectivity index (χ2n) is 6.97. The lowest BCUT2D eigenvalue weighted by molar-refractivity contribution is 0.188. The minimum absolute atomic E-state index is 0.680. The molecule has 0 amide bonds. The van der Waals surface area contributed by atoms with Gasteiger partial charge in [0.15, 0.2) is 0 Å². The molecule has 0 aliphatic carbocycles. The molecular weight excluding hydrogens is 336 g/mol. The highest BCUT2D eigenvalue weighted by Gasteiger charge is 2.17. The van der Waals surface area contributed by atoms with E-state index in [0.29, 0.717) is 6.61 Å². The van der Waals surface area contributed by atoms with Gasteiger partial charge in [0.05, 0.1) is 12.3 Å². The third-order valence-corrected chi connectivity index (χ3v) is 5.18. The summed E-state index contributed by atoms with van der Waals surface area (Å²) < 4.78 is 13.0. The molecule has 4 rings (SSSR count). The highest BCUT2D eigenvalue weighted by molar-refractivity contribution is 6.00. The van der Waals surface area contributed by atoms with E-state index in [-0.39, 0.29) is 0 Å². The molecule has 0 N–H and O–H groups in total. The Morgan fingerprint density at radius 2 is 1.85 bits per heavy atom. The maximum atomic E-state index is 5.43. The molecule has 0 radical (unpaired) electrons. The smallest absolute Gasteiger partial charge is 0.141 e. The number of fused-ring (bicyclic) bond motifs is 1. The minimum Gasteiger partial charge on any atom is -0.383 e. The van der Waals surface area contributed by atoms with Crippen molar-refractivity contribution in [1.29, 1.82) is 0 Å². The van der Waals surface area contributed by atoms with Gasteiger partial charge in [-0.05, 0) is 61.2 Å². The van der Waals surface area contributed by atoms with Gasteiger partial charge in [-0.15, -0.1) is 0 Å². The Labute approximate surface area is 159 Å². The van der Waals surface area contributed by atoms with E-state index >= 15 is 0 Å². The average Bonchev–Trinajstić information content (AvgIpc) is 3.22. The van der Waals surface area contributed by atoms with Crippen molar-refractivity contribution >= 4 is 10.9 Å². The summed E-state index contributed by atoms with van der Waals surface area (Å²) in [6, 6.07) is 15.2. The third-order valence-electron chi connectivity index (χ3n) is 5.18. The van der Waals surface area contributed by atoms with Crippen molar-refractivity contribution in [3.8, 4) is 22.3 Å². The molecule has 0 spiro atoms. The molecule has 27 heavy (non-hydrogen) atoms. The second-order valence-corrected chi connectivity index (χ2v) is 6.97. The molecule has 4 nitrogen and oxygen atoms in total. The van der Waals surface area contributed by atoms with Crippen LogP contribution in [0.15, 0.2) is 53.2 Å². The first kappa shape index (κ1) is 17.6. The van der Waals surface area contributed by atoms with Crippen LogP contribution in [0.25, 0.3) is 33.2 Å². The number of benzene rings is 2. The van der Waals surface area contributed by atoms with Crippen molar-refractivity contribution in [3.05, 3.63) is 65.7 Å². The van der Waals surface area contributed by atoms with Crippen LogP contribution in [-0.4, -0.2) is 23.4 Å². The summed E-state index contributed by atoms with van der Waals surface area (Å²) in [6.45, 7) is 7.62. The SMILES string of the molecule is COCCn1ccc2c(-c3ccccc3C)cc(-c3c(C)noc3C)cc21. The Bertz CT molecular complexity index is 1090. The van der Waals surface area contributed by atoms with Crippen LogP contribution in [0.2, 0.25) is 0 Å². The first-order valence-electron chi connectivity index (χ1n) is 9.21. The van der Waals surface area contributed by atoms with Gasteiger partial charge in [0.1, 0.15) is 5.76 Å². The first-order valence-corrected chi connectivity index (χ1v) is 9.21.